The highest BCUT2D eigenvalue weighted by Gasteiger charge is 2.30. The summed E-state index contributed by atoms with van der Waals surface area (Å²) in [5.74, 6) is -0.178. The SMILES string of the molecule is COC(=O)c1ccc2nc(C(C)N3CCN(c4nc(OCc5ccc(C#N)cc5F)ccc4F)CC3)n(C[C@@H]3CCO3)c2c1. The molecule has 2 aliphatic heterocycles. The number of halogens is 2. The van der Waals surface area contributed by atoms with Crippen molar-refractivity contribution in [3.05, 3.63) is 82.7 Å². The molecule has 2 saturated heterocycles. The average Bonchev–Trinajstić information content (AvgIpc) is 3.39. The molecule has 228 valence electrons. The monoisotopic (exact) mass is 602 g/mol. The van der Waals surface area contributed by atoms with Gasteiger partial charge in [-0.3, -0.25) is 4.90 Å². The van der Waals surface area contributed by atoms with Gasteiger partial charge in [-0.25, -0.2) is 18.6 Å². The Kier molecular flexibility index (Phi) is 8.41. The van der Waals surface area contributed by atoms with Crippen molar-refractivity contribution in [3.8, 4) is 11.9 Å². The number of methoxy groups -OCH3 is 1. The molecule has 2 aromatic heterocycles. The summed E-state index contributed by atoms with van der Waals surface area (Å²) in [6.45, 7) is 5.71. The van der Waals surface area contributed by atoms with Crippen LogP contribution in [0.3, 0.4) is 0 Å². The molecule has 4 aromatic rings. The molecule has 2 aromatic carbocycles. The summed E-state index contributed by atoms with van der Waals surface area (Å²) < 4.78 is 47.7. The second kappa shape index (κ2) is 12.6. The molecule has 0 aliphatic carbocycles. The highest BCUT2D eigenvalue weighted by atomic mass is 19.1. The average molecular weight is 603 g/mol. The lowest BCUT2D eigenvalue weighted by molar-refractivity contribution is -0.0594. The van der Waals surface area contributed by atoms with Gasteiger partial charge in [-0.1, -0.05) is 6.07 Å². The Hall–Kier alpha value is -4.60. The number of nitriles is 1. The van der Waals surface area contributed by atoms with Crippen LogP contribution in [0.5, 0.6) is 5.88 Å². The molecular formula is C32H32F2N6O4. The van der Waals surface area contributed by atoms with E-state index in [1.54, 1.807) is 6.07 Å². The van der Waals surface area contributed by atoms with E-state index in [-0.39, 0.29) is 41.6 Å². The smallest absolute Gasteiger partial charge is 0.337 e. The number of pyridine rings is 1. The maximum absolute atomic E-state index is 14.9. The van der Waals surface area contributed by atoms with E-state index in [0.29, 0.717) is 38.3 Å². The number of imidazole rings is 1. The molecule has 2 fully saturated rings. The lowest BCUT2D eigenvalue weighted by Gasteiger charge is -2.38. The van der Waals surface area contributed by atoms with Crippen LogP contribution in [0.1, 0.15) is 46.7 Å². The summed E-state index contributed by atoms with van der Waals surface area (Å²) >= 11 is 0. The topological polar surface area (TPSA) is 106 Å². The Morgan fingerprint density at radius 2 is 1.89 bits per heavy atom. The highest BCUT2D eigenvalue weighted by Crippen LogP contribution is 2.30. The van der Waals surface area contributed by atoms with E-state index in [1.165, 1.54) is 31.4 Å². The molecule has 0 bridgehead atoms. The molecule has 0 amide bonds. The number of hydrogen-bond acceptors (Lipinski definition) is 9. The molecular weight excluding hydrogens is 570 g/mol. The Morgan fingerprint density at radius 3 is 2.57 bits per heavy atom. The third-order valence-electron chi connectivity index (χ3n) is 8.27. The number of carbonyl (C=O) groups excluding carboxylic acids is 1. The van der Waals surface area contributed by atoms with Gasteiger partial charge in [0.15, 0.2) is 11.6 Å². The van der Waals surface area contributed by atoms with Crippen molar-refractivity contribution >= 4 is 22.8 Å². The fourth-order valence-corrected chi connectivity index (χ4v) is 5.62. The fourth-order valence-electron chi connectivity index (χ4n) is 5.62. The lowest BCUT2D eigenvalue weighted by Crippen LogP contribution is -2.48. The van der Waals surface area contributed by atoms with E-state index in [1.807, 2.05) is 23.1 Å². The number of aromatic nitrogens is 3. The van der Waals surface area contributed by atoms with Gasteiger partial charge in [0.2, 0.25) is 5.88 Å². The number of rotatable bonds is 9. The maximum Gasteiger partial charge on any atom is 0.337 e. The van der Waals surface area contributed by atoms with Gasteiger partial charge in [0.25, 0.3) is 0 Å². The Morgan fingerprint density at radius 1 is 1.09 bits per heavy atom. The molecule has 0 saturated carbocycles. The number of fused-ring (bicyclic) bond motifs is 1. The van der Waals surface area contributed by atoms with E-state index in [2.05, 4.69) is 21.4 Å². The first-order chi connectivity index (χ1) is 21.3. The normalized spacial score (nSPS) is 17.6. The van der Waals surface area contributed by atoms with Gasteiger partial charge in [0.05, 0.1) is 54.0 Å². The molecule has 0 N–H and O–H groups in total. The van der Waals surface area contributed by atoms with Crippen molar-refractivity contribution in [2.75, 3.05) is 44.8 Å². The first-order valence-corrected chi connectivity index (χ1v) is 14.5. The summed E-state index contributed by atoms with van der Waals surface area (Å²) in [6, 6.07) is 14.1. The summed E-state index contributed by atoms with van der Waals surface area (Å²) in [7, 11) is 1.36. The van der Waals surface area contributed by atoms with Gasteiger partial charge in [-0.2, -0.15) is 10.2 Å². The van der Waals surface area contributed by atoms with Crippen molar-refractivity contribution in [1.82, 2.24) is 19.4 Å². The molecule has 6 rings (SSSR count). The minimum absolute atomic E-state index is 0.0546. The quantitative estimate of drug-likeness (QED) is 0.254. The molecule has 0 spiro atoms. The Balaban J connectivity index is 1.16. The standard InChI is InChI=1S/C32H32F2N6O4/c1-20(30-36-27-7-5-22(32(41)42-2)16-28(27)40(30)18-24-9-14-43-24)38-10-12-39(13-11-38)31-25(33)6-8-29(37-31)44-19-23-4-3-21(17-35)15-26(23)34/h3-8,15-16,20,24H,9-14,18-19H2,1-2H3/t20?,24-/m0/s1. The van der Waals surface area contributed by atoms with Crippen LogP contribution in [0.2, 0.25) is 0 Å². The number of carbonyl (C=O) groups is 1. The largest absolute Gasteiger partial charge is 0.473 e. The predicted octanol–water partition coefficient (Wildman–Crippen LogP) is 4.62. The van der Waals surface area contributed by atoms with Crippen molar-refractivity contribution < 1.29 is 27.8 Å². The number of piperazine rings is 1. The minimum atomic E-state index is -0.547. The minimum Gasteiger partial charge on any atom is -0.473 e. The summed E-state index contributed by atoms with van der Waals surface area (Å²) in [5.41, 5.74) is 2.61. The van der Waals surface area contributed by atoms with E-state index in [0.717, 1.165) is 36.0 Å². The van der Waals surface area contributed by atoms with Crippen LogP contribution in [-0.2, 0) is 22.6 Å². The van der Waals surface area contributed by atoms with Crippen molar-refractivity contribution in [3.63, 3.8) is 0 Å². The maximum atomic E-state index is 14.9. The summed E-state index contributed by atoms with van der Waals surface area (Å²) in [6.07, 6.45) is 1.06. The third-order valence-corrected chi connectivity index (χ3v) is 8.27. The second-order valence-corrected chi connectivity index (χ2v) is 10.9. The van der Waals surface area contributed by atoms with Gasteiger partial charge in [0.1, 0.15) is 18.2 Å². The van der Waals surface area contributed by atoms with Gasteiger partial charge >= 0.3 is 5.97 Å². The molecule has 2 aliphatic rings. The van der Waals surface area contributed by atoms with Crippen LogP contribution in [0.4, 0.5) is 14.6 Å². The van der Waals surface area contributed by atoms with Crippen LogP contribution < -0.4 is 9.64 Å². The van der Waals surface area contributed by atoms with Gasteiger partial charge < -0.3 is 23.7 Å². The van der Waals surface area contributed by atoms with Crippen molar-refractivity contribution in [2.45, 2.75) is 38.6 Å². The molecule has 12 heteroatoms. The van der Waals surface area contributed by atoms with Crippen molar-refractivity contribution in [1.29, 1.82) is 5.26 Å². The molecule has 4 heterocycles. The van der Waals surface area contributed by atoms with Crippen LogP contribution >= 0.6 is 0 Å². The first kappa shape index (κ1) is 29.5. The van der Waals surface area contributed by atoms with E-state index >= 15 is 0 Å². The zero-order valence-corrected chi connectivity index (χ0v) is 24.5. The van der Waals surface area contributed by atoms with Crippen LogP contribution in [0.25, 0.3) is 11.0 Å². The molecule has 0 radical (unpaired) electrons. The second-order valence-electron chi connectivity index (χ2n) is 10.9. The van der Waals surface area contributed by atoms with Crippen molar-refractivity contribution in [2.24, 2.45) is 0 Å². The molecule has 44 heavy (non-hydrogen) atoms. The summed E-state index contributed by atoms with van der Waals surface area (Å²) in [5, 5.41) is 8.94. The fraction of sp³-hybridized carbons (Fsp3) is 0.375. The molecule has 10 nitrogen and oxygen atoms in total. The zero-order chi connectivity index (χ0) is 30.8. The number of esters is 1. The Labute approximate surface area is 253 Å². The van der Waals surface area contributed by atoms with Crippen LogP contribution in [-0.4, -0.2) is 71.4 Å². The highest BCUT2D eigenvalue weighted by molar-refractivity contribution is 5.93. The predicted molar refractivity (Wildman–Crippen MR) is 157 cm³/mol. The first-order valence-electron chi connectivity index (χ1n) is 14.5. The van der Waals surface area contributed by atoms with Gasteiger partial charge in [-0.05, 0) is 49.7 Å². The molecule has 2 atom stereocenters. The van der Waals surface area contributed by atoms with E-state index in [4.69, 9.17) is 24.5 Å². The van der Waals surface area contributed by atoms with Crippen LogP contribution in [0, 0.1) is 23.0 Å². The zero-order valence-electron chi connectivity index (χ0n) is 24.5. The number of ether oxygens (including phenoxy) is 3. The van der Waals surface area contributed by atoms with Gasteiger partial charge in [-0.15, -0.1) is 0 Å². The van der Waals surface area contributed by atoms with Crippen LogP contribution in [0.15, 0.2) is 48.5 Å². The number of hydrogen-bond donors (Lipinski definition) is 0. The Bertz CT molecular complexity index is 1730. The number of nitrogens with zero attached hydrogens (tertiary/aromatic N) is 6. The number of benzene rings is 2. The third kappa shape index (κ3) is 5.93. The van der Waals surface area contributed by atoms with Gasteiger partial charge in [0, 0.05) is 44.4 Å². The summed E-state index contributed by atoms with van der Waals surface area (Å²) in [4.78, 5) is 25.7. The van der Waals surface area contributed by atoms with E-state index < -0.39 is 17.6 Å². The molecule has 1 unspecified atom stereocenters. The lowest BCUT2D eigenvalue weighted by atomic mass is 10.1. The van der Waals surface area contributed by atoms with E-state index in [9.17, 15) is 13.6 Å². The number of anilines is 1.